The van der Waals surface area contributed by atoms with E-state index in [-0.39, 0.29) is 6.04 Å². The van der Waals surface area contributed by atoms with Crippen molar-refractivity contribution in [3.8, 4) is 0 Å². The van der Waals surface area contributed by atoms with E-state index >= 15 is 0 Å². The van der Waals surface area contributed by atoms with Crippen LogP contribution < -0.4 is 5.32 Å². The van der Waals surface area contributed by atoms with Crippen molar-refractivity contribution in [1.29, 1.82) is 0 Å². The van der Waals surface area contributed by atoms with Gasteiger partial charge in [-0.2, -0.15) is 0 Å². The van der Waals surface area contributed by atoms with Crippen molar-refractivity contribution < 1.29 is 4.42 Å². The highest BCUT2D eigenvalue weighted by atomic mass is 16.4. The summed E-state index contributed by atoms with van der Waals surface area (Å²) in [6, 6.07) is 11.7. The Hall–Kier alpha value is -1.65. The lowest BCUT2D eigenvalue weighted by Gasteiger charge is -2.41. The van der Waals surface area contributed by atoms with Crippen LogP contribution in [-0.4, -0.2) is 29.0 Å². The molecule has 3 atom stereocenters. The third kappa shape index (κ3) is 3.01. The quantitative estimate of drug-likeness (QED) is 0.941. The van der Waals surface area contributed by atoms with Crippen LogP contribution >= 0.6 is 0 Å². The van der Waals surface area contributed by atoms with Gasteiger partial charge in [0.15, 0.2) is 0 Å². The SMILES string of the molecule is Cc1cnc(C(C)N2CC(c3ccccc3)NCC2C)o1. The summed E-state index contributed by atoms with van der Waals surface area (Å²) in [4.78, 5) is 6.87. The highest BCUT2D eigenvalue weighted by molar-refractivity contribution is 5.20. The predicted molar refractivity (Wildman–Crippen MR) is 83.0 cm³/mol. The molecule has 1 aromatic heterocycles. The molecule has 4 nitrogen and oxygen atoms in total. The van der Waals surface area contributed by atoms with E-state index in [1.54, 1.807) is 6.20 Å². The maximum Gasteiger partial charge on any atom is 0.211 e. The van der Waals surface area contributed by atoms with Crippen molar-refractivity contribution in [2.24, 2.45) is 0 Å². The van der Waals surface area contributed by atoms with Gasteiger partial charge in [-0.15, -0.1) is 0 Å². The highest BCUT2D eigenvalue weighted by Gasteiger charge is 2.31. The fourth-order valence-corrected chi connectivity index (χ4v) is 3.04. The number of aromatic nitrogens is 1. The van der Waals surface area contributed by atoms with Crippen LogP contribution in [-0.2, 0) is 0 Å². The van der Waals surface area contributed by atoms with Gasteiger partial charge in [0, 0.05) is 25.2 Å². The van der Waals surface area contributed by atoms with Gasteiger partial charge < -0.3 is 9.73 Å². The van der Waals surface area contributed by atoms with E-state index in [2.05, 4.69) is 59.4 Å². The molecule has 1 aliphatic rings. The Morgan fingerprint density at radius 1 is 1.33 bits per heavy atom. The van der Waals surface area contributed by atoms with E-state index in [4.69, 9.17) is 4.42 Å². The Morgan fingerprint density at radius 2 is 2.10 bits per heavy atom. The molecule has 1 fully saturated rings. The zero-order chi connectivity index (χ0) is 14.8. The lowest BCUT2D eigenvalue weighted by atomic mass is 10.0. The molecule has 2 heterocycles. The molecule has 1 aromatic carbocycles. The molecule has 1 saturated heterocycles. The number of nitrogens with one attached hydrogen (secondary N) is 1. The lowest BCUT2D eigenvalue weighted by Crippen LogP contribution is -2.52. The fraction of sp³-hybridized carbons (Fsp3) is 0.471. The zero-order valence-corrected chi connectivity index (χ0v) is 12.9. The van der Waals surface area contributed by atoms with E-state index < -0.39 is 0 Å². The van der Waals surface area contributed by atoms with E-state index in [9.17, 15) is 0 Å². The van der Waals surface area contributed by atoms with Gasteiger partial charge in [-0.25, -0.2) is 4.98 Å². The molecule has 0 spiro atoms. The Labute approximate surface area is 126 Å². The second-order valence-corrected chi connectivity index (χ2v) is 5.90. The average Bonchev–Trinajstić information content (AvgIpc) is 2.94. The molecule has 0 radical (unpaired) electrons. The normalized spacial score (nSPS) is 24.9. The molecular formula is C17H23N3O. The van der Waals surface area contributed by atoms with Crippen LogP contribution in [0.4, 0.5) is 0 Å². The second kappa shape index (κ2) is 6.00. The van der Waals surface area contributed by atoms with Crippen LogP contribution in [0.5, 0.6) is 0 Å². The molecule has 3 rings (SSSR count). The van der Waals surface area contributed by atoms with Crippen LogP contribution in [0.25, 0.3) is 0 Å². The van der Waals surface area contributed by atoms with Gasteiger partial charge in [-0.1, -0.05) is 30.3 Å². The maximum atomic E-state index is 5.71. The minimum absolute atomic E-state index is 0.196. The Morgan fingerprint density at radius 3 is 2.76 bits per heavy atom. The van der Waals surface area contributed by atoms with E-state index in [0.717, 1.165) is 24.7 Å². The van der Waals surface area contributed by atoms with Gasteiger partial charge in [0.25, 0.3) is 0 Å². The van der Waals surface area contributed by atoms with Crippen molar-refractivity contribution in [2.45, 2.75) is 38.9 Å². The topological polar surface area (TPSA) is 41.3 Å². The van der Waals surface area contributed by atoms with Gasteiger partial charge >= 0.3 is 0 Å². The summed E-state index contributed by atoms with van der Waals surface area (Å²) in [5.74, 6) is 1.69. The molecule has 0 amide bonds. The molecule has 4 heteroatoms. The largest absolute Gasteiger partial charge is 0.444 e. The summed E-state index contributed by atoms with van der Waals surface area (Å²) in [7, 11) is 0. The van der Waals surface area contributed by atoms with Crippen LogP contribution in [0.1, 0.15) is 43.1 Å². The number of hydrogen-bond donors (Lipinski definition) is 1. The van der Waals surface area contributed by atoms with E-state index in [0.29, 0.717) is 12.1 Å². The molecule has 112 valence electrons. The molecule has 0 saturated carbocycles. The number of benzene rings is 1. The first kappa shape index (κ1) is 14.3. The van der Waals surface area contributed by atoms with Crippen molar-refractivity contribution in [3.63, 3.8) is 0 Å². The standard InChI is InChI=1S/C17H23N3O/c1-12-9-18-16(15-7-5-4-6-8-15)11-20(12)14(3)17-19-10-13(2)21-17/h4-8,10,12,14,16,18H,9,11H2,1-3H3. The minimum Gasteiger partial charge on any atom is -0.444 e. The number of rotatable bonds is 3. The van der Waals surface area contributed by atoms with E-state index in [1.165, 1.54) is 5.56 Å². The predicted octanol–water partition coefficient (Wildman–Crippen LogP) is 3.08. The third-order valence-corrected chi connectivity index (χ3v) is 4.32. The van der Waals surface area contributed by atoms with E-state index in [1.807, 2.05) is 6.92 Å². The van der Waals surface area contributed by atoms with Crippen LogP contribution in [0, 0.1) is 6.92 Å². The summed E-state index contributed by atoms with van der Waals surface area (Å²) in [6.07, 6.45) is 1.80. The van der Waals surface area contributed by atoms with Crippen LogP contribution in [0.15, 0.2) is 40.9 Å². The second-order valence-electron chi connectivity index (χ2n) is 5.90. The Kier molecular flexibility index (Phi) is 4.08. The van der Waals surface area contributed by atoms with Crippen molar-refractivity contribution in [1.82, 2.24) is 15.2 Å². The Balaban J connectivity index is 1.77. The molecule has 2 aromatic rings. The highest BCUT2D eigenvalue weighted by Crippen LogP contribution is 2.28. The first-order valence-corrected chi connectivity index (χ1v) is 7.61. The molecule has 3 unspecified atom stereocenters. The third-order valence-electron chi connectivity index (χ3n) is 4.32. The maximum absolute atomic E-state index is 5.71. The average molecular weight is 285 g/mol. The summed E-state index contributed by atoms with van der Waals surface area (Å²) in [5, 5.41) is 3.63. The van der Waals surface area contributed by atoms with Gasteiger partial charge in [0.2, 0.25) is 5.89 Å². The fourth-order valence-electron chi connectivity index (χ4n) is 3.04. The van der Waals surface area contributed by atoms with Crippen molar-refractivity contribution in [3.05, 3.63) is 53.7 Å². The molecular weight excluding hydrogens is 262 g/mol. The molecule has 1 aliphatic heterocycles. The molecule has 0 bridgehead atoms. The molecule has 1 N–H and O–H groups in total. The Bertz CT molecular complexity index is 581. The number of hydrogen-bond acceptors (Lipinski definition) is 4. The number of oxazole rings is 1. The first-order chi connectivity index (χ1) is 10.1. The summed E-state index contributed by atoms with van der Waals surface area (Å²) >= 11 is 0. The van der Waals surface area contributed by atoms with Crippen LogP contribution in [0.3, 0.4) is 0 Å². The minimum atomic E-state index is 0.196. The lowest BCUT2D eigenvalue weighted by molar-refractivity contribution is 0.0844. The van der Waals surface area contributed by atoms with Gasteiger partial charge in [0.05, 0.1) is 12.2 Å². The molecule has 21 heavy (non-hydrogen) atoms. The summed E-state index contributed by atoms with van der Waals surface area (Å²) in [5.41, 5.74) is 1.34. The zero-order valence-electron chi connectivity index (χ0n) is 12.9. The summed E-state index contributed by atoms with van der Waals surface area (Å²) < 4.78 is 5.71. The van der Waals surface area contributed by atoms with Gasteiger partial charge in [0.1, 0.15) is 5.76 Å². The van der Waals surface area contributed by atoms with Crippen molar-refractivity contribution >= 4 is 0 Å². The smallest absolute Gasteiger partial charge is 0.211 e. The van der Waals surface area contributed by atoms with Gasteiger partial charge in [-0.05, 0) is 26.3 Å². The van der Waals surface area contributed by atoms with Crippen LogP contribution in [0.2, 0.25) is 0 Å². The number of piperazine rings is 1. The number of nitrogens with zero attached hydrogens (tertiary/aromatic N) is 2. The monoisotopic (exact) mass is 285 g/mol. The van der Waals surface area contributed by atoms with Crippen molar-refractivity contribution in [2.75, 3.05) is 13.1 Å². The first-order valence-electron chi connectivity index (χ1n) is 7.61. The number of aryl methyl sites for hydroxylation is 1. The van der Waals surface area contributed by atoms with Gasteiger partial charge in [-0.3, -0.25) is 4.90 Å². The molecule has 0 aliphatic carbocycles. The summed E-state index contributed by atoms with van der Waals surface area (Å²) in [6.45, 7) is 8.31.